The van der Waals surface area contributed by atoms with Gasteiger partial charge >= 0.3 is 0 Å². The van der Waals surface area contributed by atoms with E-state index in [0.29, 0.717) is 12.5 Å². The third-order valence-corrected chi connectivity index (χ3v) is 4.13. The monoisotopic (exact) mass is 290 g/mol. The summed E-state index contributed by atoms with van der Waals surface area (Å²) in [7, 11) is 0. The lowest BCUT2D eigenvalue weighted by molar-refractivity contribution is 0.0763. The Hall–Kier alpha value is -1.35. The van der Waals surface area contributed by atoms with Gasteiger partial charge in [0.25, 0.3) is 0 Å². The van der Waals surface area contributed by atoms with E-state index in [1.807, 2.05) is 25.1 Å². The molecule has 1 aliphatic carbocycles. The minimum atomic E-state index is -0.226. The predicted octanol–water partition coefficient (Wildman–Crippen LogP) is 3.76. The third-order valence-electron chi connectivity index (χ3n) is 4.13. The average molecular weight is 290 g/mol. The Kier molecular flexibility index (Phi) is 5.40. The zero-order valence-corrected chi connectivity index (χ0v) is 13.3. The maximum atomic E-state index is 12.7. The SMILES string of the molecule is Cc1ccc(OCC(C)C)cc1C(=O)C1CCC(O)CC1. The number of hydrogen-bond donors (Lipinski definition) is 1. The molecule has 3 nitrogen and oxygen atoms in total. The lowest BCUT2D eigenvalue weighted by atomic mass is 9.82. The van der Waals surface area contributed by atoms with Crippen LogP contribution in [0, 0.1) is 18.8 Å². The second-order valence-corrected chi connectivity index (χ2v) is 6.55. The summed E-state index contributed by atoms with van der Waals surface area (Å²) in [6.07, 6.45) is 2.82. The zero-order chi connectivity index (χ0) is 15.4. The maximum absolute atomic E-state index is 12.7. The fraction of sp³-hybridized carbons (Fsp3) is 0.611. The van der Waals surface area contributed by atoms with E-state index in [0.717, 1.165) is 42.6 Å². The Morgan fingerprint density at radius 1 is 1.29 bits per heavy atom. The summed E-state index contributed by atoms with van der Waals surface area (Å²) in [5, 5.41) is 9.57. The van der Waals surface area contributed by atoms with E-state index in [2.05, 4.69) is 13.8 Å². The minimum absolute atomic E-state index is 0.0486. The van der Waals surface area contributed by atoms with Crippen LogP contribution in [-0.4, -0.2) is 23.6 Å². The summed E-state index contributed by atoms with van der Waals surface area (Å²) in [4.78, 5) is 12.7. The fourth-order valence-corrected chi connectivity index (χ4v) is 2.78. The second kappa shape index (κ2) is 7.08. The highest BCUT2D eigenvalue weighted by molar-refractivity contribution is 5.99. The van der Waals surface area contributed by atoms with Crippen molar-refractivity contribution < 1.29 is 14.6 Å². The molecule has 0 bridgehead atoms. The Labute approximate surface area is 127 Å². The molecule has 1 saturated carbocycles. The number of aliphatic hydroxyl groups excluding tert-OH is 1. The Balaban J connectivity index is 2.10. The number of carbonyl (C=O) groups is 1. The van der Waals surface area contributed by atoms with Gasteiger partial charge < -0.3 is 9.84 Å². The molecule has 0 spiro atoms. The molecular weight excluding hydrogens is 264 g/mol. The van der Waals surface area contributed by atoms with Crippen LogP contribution in [0.1, 0.15) is 55.5 Å². The number of ether oxygens (including phenoxy) is 1. The van der Waals surface area contributed by atoms with Crippen molar-refractivity contribution in [1.82, 2.24) is 0 Å². The summed E-state index contributed by atoms with van der Waals surface area (Å²) >= 11 is 0. The van der Waals surface area contributed by atoms with Crippen LogP contribution in [0.5, 0.6) is 5.75 Å². The quantitative estimate of drug-likeness (QED) is 0.840. The smallest absolute Gasteiger partial charge is 0.166 e. The van der Waals surface area contributed by atoms with E-state index >= 15 is 0 Å². The Morgan fingerprint density at radius 3 is 2.57 bits per heavy atom. The molecule has 1 fully saturated rings. The van der Waals surface area contributed by atoms with Gasteiger partial charge in [0.05, 0.1) is 12.7 Å². The van der Waals surface area contributed by atoms with Crippen molar-refractivity contribution in [3.8, 4) is 5.75 Å². The van der Waals surface area contributed by atoms with Crippen molar-refractivity contribution in [3.63, 3.8) is 0 Å². The molecule has 0 saturated heterocycles. The van der Waals surface area contributed by atoms with Gasteiger partial charge in [-0.1, -0.05) is 19.9 Å². The van der Waals surface area contributed by atoms with Gasteiger partial charge in [-0.2, -0.15) is 0 Å². The molecule has 0 heterocycles. The van der Waals surface area contributed by atoms with Crippen LogP contribution in [0.15, 0.2) is 18.2 Å². The second-order valence-electron chi connectivity index (χ2n) is 6.55. The first-order chi connectivity index (χ1) is 9.97. The minimum Gasteiger partial charge on any atom is -0.493 e. The van der Waals surface area contributed by atoms with Gasteiger partial charge in [-0.05, 0) is 56.2 Å². The predicted molar refractivity (Wildman–Crippen MR) is 83.8 cm³/mol. The highest BCUT2D eigenvalue weighted by atomic mass is 16.5. The van der Waals surface area contributed by atoms with Crippen molar-refractivity contribution in [2.75, 3.05) is 6.61 Å². The maximum Gasteiger partial charge on any atom is 0.166 e. The topological polar surface area (TPSA) is 46.5 Å². The molecule has 1 aromatic carbocycles. The molecule has 0 aromatic heterocycles. The molecular formula is C18H26O3. The van der Waals surface area contributed by atoms with Crippen molar-refractivity contribution in [2.45, 2.75) is 52.6 Å². The van der Waals surface area contributed by atoms with Crippen LogP contribution in [0.4, 0.5) is 0 Å². The molecule has 0 radical (unpaired) electrons. The number of aliphatic hydroxyl groups is 1. The fourth-order valence-electron chi connectivity index (χ4n) is 2.78. The van der Waals surface area contributed by atoms with E-state index in [1.165, 1.54) is 0 Å². The summed E-state index contributed by atoms with van der Waals surface area (Å²) in [5.74, 6) is 1.49. The molecule has 1 N–H and O–H groups in total. The van der Waals surface area contributed by atoms with Gasteiger partial charge in [-0.25, -0.2) is 0 Å². The molecule has 0 unspecified atom stereocenters. The number of aryl methyl sites for hydroxylation is 1. The Bertz CT molecular complexity index is 485. The lowest BCUT2D eigenvalue weighted by Crippen LogP contribution is -2.24. The van der Waals surface area contributed by atoms with Crippen molar-refractivity contribution in [3.05, 3.63) is 29.3 Å². The van der Waals surface area contributed by atoms with Crippen molar-refractivity contribution >= 4 is 5.78 Å². The molecule has 2 rings (SSSR count). The van der Waals surface area contributed by atoms with Gasteiger partial charge in [-0.3, -0.25) is 4.79 Å². The molecule has 3 heteroatoms. The summed E-state index contributed by atoms with van der Waals surface area (Å²) < 4.78 is 5.73. The summed E-state index contributed by atoms with van der Waals surface area (Å²) in [6.45, 7) is 6.84. The third kappa shape index (κ3) is 4.31. The van der Waals surface area contributed by atoms with E-state index in [9.17, 15) is 9.90 Å². The summed E-state index contributed by atoms with van der Waals surface area (Å²) in [6, 6.07) is 5.77. The van der Waals surface area contributed by atoms with E-state index < -0.39 is 0 Å². The molecule has 0 aliphatic heterocycles. The van der Waals surface area contributed by atoms with Crippen LogP contribution in [0.2, 0.25) is 0 Å². The molecule has 116 valence electrons. The summed E-state index contributed by atoms with van der Waals surface area (Å²) in [5.41, 5.74) is 1.78. The van der Waals surface area contributed by atoms with E-state index in [4.69, 9.17) is 4.74 Å². The standard InChI is InChI=1S/C18H26O3/c1-12(2)11-21-16-9-4-13(3)17(10-16)18(20)14-5-7-15(19)8-6-14/h4,9-10,12,14-15,19H,5-8,11H2,1-3H3. The molecule has 0 amide bonds. The highest BCUT2D eigenvalue weighted by Gasteiger charge is 2.27. The number of Topliss-reactive ketones (excluding diaryl/α,β-unsaturated/α-hetero) is 1. The van der Waals surface area contributed by atoms with Gasteiger partial charge in [0.2, 0.25) is 0 Å². The first kappa shape index (κ1) is 16.0. The van der Waals surface area contributed by atoms with E-state index in [1.54, 1.807) is 0 Å². The lowest BCUT2D eigenvalue weighted by Gasteiger charge is -2.25. The van der Waals surface area contributed by atoms with Crippen LogP contribution in [0.3, 0.4) is 0 Å². The van der Waals surface area contributed by atoms with Crippen LogP contribution in [0.25, 0.3) is 0 Å². The molecule has 0 atom stereocenters. The number of hydrogen-bond acceptors (Lipinski definition) is 3. The first-order valence-corrected chi connectivity index (χ1v) is 7.93. The number of ketones is 1. The average Bonchev–Trinajstić information content (AvgIpc) is 2.46. The molecule has 1 aliphatic rings. The van der Waals surface area contributed by atoms with Crippen LogP contribution in [-0.2, 0) is 0 Å². The number of rotatable bonds is 5. The largest absolute Gasteiger partial charge is 0.493 e. The van der Waals surface area contributed by atoms with Gasteiger partial charge in [0, 0.05) is 11.5 Å². The van der Waals surface area contributed by atoms with Crippen LogP contribution < -0.4 is 4.74 Å². The van der Waals surface area contributed by atoms with Crippen LogP contribution >= 0.6 is 0 Å². The van der Waals surface area contributed by atoms with Crippen molar-refractivity contribution in [1.29, 1.82) is 0 Å². The normalized spacial score (nSPS) is 22.3. The van der Waals surface area contributed by atoms with Crippen molar-refractivity contribution in [2.24, 2.45) is 11.8 Å². The molecule has 1 aromatic rings. The first-order valence-electron chi connectivity index (χ1n) is 7.93. The van der Waals surface area contributed by atoms with Gasteiger partial charge in [0.1, 0.15) is 5.75 Å². The number of benzene rings is 1. The number of carbonyl (C=O) groups excluding carboxylic acids is 1. The zero-order valence-electron chi connectivity index (χ0n) is 13.3. The highest BCUT2D eigenvalue weighted by Crippen LogP contribution is 2.29. The van der Waals surface area contributed by atoms with E-state index in [-0.39, 0.29) is 17.8 Å². The van der Waals surface area contributed by atoms with Gasteiger partial charge in [-0.15, -0.1) is 0 Å². The Morgan fingerprint density at radius 2 is 1.95 bits per heavy atom. The van der Waals surface area contributed by atoms with Gasteiger partial charge in [0.15, 0.2) is 5.78 Å². The molecule has 21 heavy (non-hydrogen) atoms.